The summed E-state index contributed by atoms with van der Waals surface area (Å²) in [5.41, 5.74) is 2.26. The Labute approximate surface area is 208 Å². The number of ketones is 1. The molecule has 1 aromatic heterocycles. The molecule has 4 N–H and O–H groups in total. The molecule has 1 heterocycles. The first-order valence-corrected chi connectivity index (χ1v) is 10.8. The molecule has 1 atom stereocenters. The van der Waals surface area contributed by atoms with Gasteiger partial charge in [0.25, 0.3) is 11.8 Å². The number of rotatable bonds is 8. The Hall–Kier alpha value is -4.26. The van der Waals surface area contributed by atoms with Gasteiger partial charge >= 0.3 is 6.18 Å². The third kappa shape index (κ3) is 5.77. The maximum absolute atomic E-state index is 13.9. The molecule has 3 aromatic rings. The molecule has 196 valence electrons. The molecule has 0 saturated heterocycles. The summed E-state index contributed by atoms with van der Waals surface area (Å²) in [4.78, 5) is 37.8. The second kappa shape index (κ2) is 10.4. The number of benzene rings is 2. The lowest BCUT2D eigenvalue weighted by Gasteiger charge is -2.34. The summed E-state index contributed by atoms with van der Waals surface area (Å²) < 4.78 is 55.8. The van der Waals surface area contributed by atoms with E-state index >= 15 is 0 Å². The number of aromatic nitrogens is 2. The highest BCUT2D eigenvalue weighted by Crippen LogP contribution is 2.31. The molecule has 0 saturated carbocycles. The summed E-state index contributed by atoms with van der Waals surface area (Å²) in [6.45, 7) is -1.35. The highest BCUT2D eigenvalue weighted by Gasteiger charge is 2.55. The Morgan fingerprint density at radius 1 is 1.05 bits per heavy atom. The Bertz CT molecular complexity index is 1320. The SMILES string of the molecule is CC(=O)c1ccccc1C(=O)N(C)CC(O)(CNC(=O)c1cnn(-c2ccc(F)cc2)c1N)C(F)(F)F. The Balaban J connectivity index is 1.78. The number of Topliss-reactive ketones (excluding diaryl/α,β-unsaturated/α-hetero) is 1. The number of aliphatic hydroxyl groups is 1. The third-order valence-electron chi connectivity index (χ3n) is 5.57. The van der Waals surface area contributed by atoms with Gasteiger partial charge in [-0.2, -0.15) is 18.3 Å². The average Bonchev–Trinajstić information content (AvgIpc) is 3.23. The van der Waals surface area contributed by atoms with E-state index in [4.69, 9.17) is 5.73 Å². The molecule has 0 bridgehead atoms. The van der Waals surface area contributed by atoms with E-state index in [2.05, 4.69) is 5.10 Å². The van der Waals surface area contributed by atoms with Gasteiger partial charge < -0.3 is 21.1 Å². The largest absolute Gasteiger partial charge is 0.420 e. The molecule has 13 heteroatoms. The first-order valence-electron chi connectivity index (χ1n) is 10.8. The molecular formula is C24H23F4N5O4. The van der Waals surface area contributed by atoms with Crippen molar-refractivity contribution >= 4 is 23.4 Å². The predicted molar refractivity (Wildman–Crippen MR) is 125 cm³/mol. The van der Waals surface area contributed by atoms with Gasteiger partial charge in [-0.05, 0) is 37.3 Å². The fraction of sp³-hybridized carbons (Fsp3) is 0.250. The van der Waals surface area contributed by atoms with Crippen molar-refractivity contribution in [3.63, 3.8) is 0 Å². The second-order valence-corrected chi connectivity index (χ2v) is 8.31. The van der Waals surface area contributed by atoms with E-state index in [-0.39, 0.29) is 22.5 Å². The summed E-state index contributed by atoms with van der Waals surface area (Å²) in [6.07, 6.45) is -4.24. The molecule has 0 radical (unpaired) electrons. The molecule has 0 aliphatic rings. The Morgan fingerprint density at radius 3 is 2.22 bits per heavy atom. The number of nitrogens with two attached hydrogens (primary N) is 1. The number of hydrogen-bond donors (Lipinski definition) is 3. The summed E-state index contributed by atoms with van der Waals surface area (Å²) in [6, 6.07) is 10.5. The van der Waals surface area contributed by atoms with Gasteiger partial charge in [0.1, 0.15) is 17.2 Å². The van der Waals surface area contributed by atoms with Crippen molar-refractivity contribution in [2.75, 3.05) is 25.9 Å². The lowest BCUT2D eigenvalue weighted by Crippen LogP contribution is -2.60. The quantitative estimate of drug-likeness (QED) is 0.309. The number of nitrogens with zero attached hydrogens (tertiary/aromatic N) is 3. The van der Waals surface area contributed by atoms with Gasteiger partial charge in [-0.25, -0.2) is 9.07 Å². The minimum absolute atomic E-state index is 0.0110. The minimum Gasteiger partial charge on any atom is -0.383 e. The highest BCUT2D eigenvalue weighted by molar-refractivity contribution is 6.07. The van der Waals surface area contributed by atoms with E-state index in [1.54, 1.807) is 0 Å². The van der Waals surface area contributed by atoms with Crippen molar-refractivity contribution in [2.45, 2.75) is 18.7 Å². The van der Waals surface area contributed by atoms with Crippen molar-refractivity contribution in [1.29, 1.82) is 0 Å². The molecule has 0 aliphatic carbocycles. The van der Waals surface area contributed by atoms with Crippen LogP contribution in [0.4, 0.5) is 23.4 Å². The van der Waals surface area contributed by atoms with Crippen LogP contribution in [0.1, 0.15) is 38.0 Å². The van der Waals surface area contributed by atoms with Crippen LogP contribution in [0, 0.1) is 5.82 Å². The highest BCUT2D eigenvalue weighted by atomic mass is 19.4. The van der Waals surface area contributed by atoms with Gasteiger partial charge in [0.15, 0.2) is 11.4 Å². The zero-order valence-electron chi connectivity index (χ0n) is 19.7. The standard InChI is InChI=1S/C24H23F4N5O4/c1-14(34)17-5-3-4-6-18(17)22(36)32(2)13-23(37,24(26,27)28)12-30-21(35)19-11-31-33(20(19)29)16-9-7-15(25)8-10-16/h3-11,37H,12-13,29H2,1-2H3,(H,30,35). The van der Waals surface area contributed by atoms with E-state index in [0.29, 0.717) is 10.6 Å². The van der Waals surface area contributed by atoms with E-state index in [9.17, 15) is 37.1 Å². The molecule has 9 nitrogen and oxygen atoms in total. The lowest BCUT2D eigenvalue weighted by atomic mass is 10.00. The number of hydrogen-bond acceptors (Lipinski definition) is 6. The maximum Gasteiger partial charge on any atom is 0.420 e. The molecule has 2 aromatic carbocycles. The van der Waals surface area contributed by atoms with E-state index in [0.717, 1.165) is 30.1 Å². The van der Waals surface area contributed by atoms with E-state index in [1.807, 2.05) is 5.32 Å². The normalized spacial score (nSPS) is 13.1. The summed E-state index contributed by atoms with van der Waals surface area (Å²) >= 11 is 0. The van der Waals surface area contributed by atoms with E-state index in [1.165, 1.54) is 43.3 Å². The number of likely N-dealkylation sites (N-methyl/N-ethyl adjacent to an activating group) is 1. The van der Waals surface area contributed by atoms with Crippen LogP contribution in [0.2, 0.25) is 0 Å². The minimum atomic E-state index is -5.25. The first kappa shape index (κ1) is 27.3. The fourth-order valence-electron chi connectivity index (χ4n) is 3.53. The summed E-state index contributed by atoms with van der Waals surface area (Å²) in [7, 11) is 1.03. The van der Waals surface area contributed by atoms with Gasteiger partial charge in [0, 0.05) is 12.6 Å². The Kier molecular flexibility index (Phi) is 7.67. The maximum atomic E-state index is 13.9. The molecule has 37 heavy (non-hydrogen) atoms. The van der Waals surface area contributed by atoms with Crippen LogP contribution >= 0.6 is 0 Å². The topological polar surface area (TPSA) is 131 Å². The molecule has 3 rings (SSSR count). The number of nitrogen functional groups attached to an aromatic ring is 1. The molecule has 0 spiro atoms. The van der Waals surface area contributed by atoms with Crippen LogP contribution in [0.5, 0.6) is 0 Å². The van der Waals surface area contributed by atoms with Crippen molar-refractivity contribution < 1.29 is 37.1 Å². The van der Waals surface area contributed by atoms with E-state index < -0.39 is 48.3 Å². The van der Waals surface area contributed by atoms with Gasteiger partial charge in [-0.1, -0.05) is 18.2 Å². The number of nitrogens with one attached hydrogen (secondary N) is 1. The number of carbonyl (C=O) groups is 3. The average molecular weight is 521 g/mol. The zero-order valence-corrected chi connectivity index (χ0v) is 19.7. The van der Waals surface area contributed by atoms with Crippen molar-refractivity contribution in [2.24, 2.45) is 0 Å². The monoisotopic (exact) mass is 521 g/mol. The third-order valence-corrected chi connectivity index (χ3v) is 5.57. The van der Waals surface area contributed by atoms with Crippen molar-refractivity contribution in [3.8, 4) is 5.69 Å². The number of anilines is 1. The molecule has 0 fully saturated rings. The molecule has 1 unspecified atom stereocenters. The second-order valence-electron chi connectivity index (χ2n) is 8.31. The summed E-state index contributed by atoms with van der Waals surface area (Å²) in [5.74, 6) is -3.21. The van der Waals surface area contributed by atoms with Crippen LogP contribution in [0.3, 0.4) is 0 Å². The van der Waals surface area contributed by atoms with Crippen molar-refractivity contribution in [1.82, 2.24) is 20.0 Å². The van der Waals surface area contributed by atoms with Gasteiger partial charge in [0.05, 0.1) is 30.5 Å². The summed E-state index contributed by atoms with van der Waals surface area (Å²) in [5, 5.41) is 16.4. The molecular weight excluding hydrogens is 498 g/mol. The predicted octanol–water partition coefficient (Wildman–Crippen LogP) is 2.59. The van der Waals surface area contributed by atoms with Gasteiger partial charge in [-0.3, -0.25) is 14.4 Å². The zero-order chi connectivity index (χ0) is 27.5. The lowest BCUT2D eigenvalue weighted by molar-refractivity contribution is -0.259. The van der Waals surface area contributed by atoms with Crippen LogP contribution in [-0.4, -0.2) is 69.3 Å². The fourth-order valence-corrected chi connectivity index (χ4v) is 3.53. The first-order chi connectivity index (χ1) is 17.2. The van der Waals surface area contributed by atoms with Crippen LogP contribution in [0.25, 0.3) is 5.69 Å². The number of carbonyl (C=O) groups excluding carboxylic acids is 3. The van der Waals surface area contributed by atoms with Crippen LogP contribution in [-0.2, 0) is 0 Å². The smallest absolute Gasteiger partial charge is 0.383 e. The number of halogens is 4. The Morgan fingerprint density at radius 2 is 1.65 bits per heavy atom. The van der Waals surface area contributed by atoms with Crippen LogP contribution < -0.4 is 11.1 Å². The number of amides is 2. The number of alkyl halides is 3. The molecule has 2 amide bonds. The van der Waals surface area contributed by atoms with Crippen molar-refractivity contribution in [3.05, 3.63) is 77.2 Å². The van der Waals surface area contributed by atoms with Crippen LogP contribution in [0.15, 0.2) is 54.7 Å². The molecule has 0 aliphatic heterocycles. The van der Waals surface area contributed by atoms with Gasteiger partial charge in [-0.15, -0.1) is 0 Å². The van der Waals surface area contributed by atoms with Gasteiger partial charge in [0.2, 0.25) is 0 Å².